The molecule has 0 saturated heterocycles. The predicted octanol–water partition coefficient (Wildman–Crippen LogP) is -0.611. The molecule has 112 valence electrons. The first-order valence-electron chi connectivity index (χ1n) is 5.69. The summed E-state index contributed by atoms with van der Waals surface area (Å²) in [4.78, 5) is -0.840. The molecule has 0 saturated carbocycles. The second kappa shape index (κ2) is 7.41. The Kier molecular flexibility index (Phi) is 6.83. The third-order valence-electron chi connectivity index (χ3n) is 2.86. The van der Waals surface area contributed by atoms with Gasteiger partial charge < -0.3 is 4.55 Å². The molecule has 2 aromatic rings. The largest absolute Gasteiger partial charge is 1.00 e. The summed E-state index contributed by atoms with van der Waals surface area (Å²) in [5.74, 6) is 0. The topological polar surface area (TPSA) is 91.3 Å². The third kappa shape index (κ3) is 4.40. The predicted molar refractivity (Wildman–Crippen MR) is 76.0 cm³/mol. The minimum Gasteiger partial charge on any atom is -0.744 e. The number of aryl methyl sites for hydroxylation is 1. The number of sulfone groups is 1. The van der Waals surface area contributed by atoms with Gasteiger partial charge in [-0.1, -0.05) is 17.7 Å². The summed E-state index contributed by atoms with van der Waals surface area (Å²) >= 11 is 5.70. The summed E-state index contributed by atoms with van der Waals surface area (Å²) in [5, 5.41) is 0.376. The van der Waals surface area contributed by atoms with Crippen LogP contribution >= 0.6 is 11.6 Å². The van der Waals surface area contributed by atoms with Crippen molar-refractivity contribution in [3.8, 4) is 0 Å². The fourth-order valence-electron chi connectivity index (χ4n) is 1.77. The van der Waals surface area contributed by atoms with Crippen molar-refractivity contribution in [1.82, 2.24) is 0 Å². The van der Waals surface area contributed by atoms with Crippen LogP contribution in [0.4, 0.5) is 0 Å². The second-order valence-electron chi connectivity index (χ2n) is 4.34. The van der Waals surface area contributed by atoms with Crippen molar-refractivity contribution < 1.29 is 72.8 Å². The molecule has 0 aromatic heterocycles. The van der Waals surface area contributed by atoms with Gasteiger partial charge in [-0.25, -0.2) is 16.8 Å². The number of benzene rings is 2. The maximum absolute atomic E-state index is 12.4. The van der Waals surface area contributed by atoms with Crippen LogP contribution in [0.3, 0.4) is 0 Å². The van der Waals surface area contributed by atoms with Gasteiger partial charge in [-0.2, -0.15) is 0 Å². The second-order valence-corrected chi connectivity index (χ2v) is 8.07. The van der Waals surface area contributed by atoms with Crippen molar-refractivity contribution in [2.45, 2.75) is 21.6 Å². The minimum atomic E-state index is -4.74. The number of halogens is 1. The zero-order chi connectivity index (χ0) is 15.8. The van der Waals surface area contributed by atoms with Gasteiger partial charge in [0.15, 0.2) is 0 Å². The molecule has 0 aliphatic rings. The minimum absolute atomic E-state index is 0. The average molecular weight is 385 g/mol. The number of hydrogen-bond donors (Lipinski definition) is 0. The smallest absolute Gasteiger partial charge is 0.744 e. The molecular weight excluding hydrogens is 375 g/mol. The van der Waals surface area contributed by atoms with Crippen molar-refractivity contribution >= 4 is 31.6 Å². The van der Waals surface area contributed by atoms with E-state index in [2.05, 4.69) is 0 Å². The van der Waals surface area contributed by atoms with Crippen LogP contribution in [0.15, 0.2) is 57.2 Å². The van der Waals surface area contributed by atoms with Gasteiger partial charge in [-0.05, 0) is 48.9 Å². The molecule has 0 aliphatic carbocycles. The van der Waals surface area contributed by atoms with Crippen molar-refractivity contribution in [3.63, 3.8) is 0 Å². The molecule has 0 fully saturated rings. The molecule has 0 radical (unpaired) electrons. The van der Waals surface area contributed by atoms with Crippen LogP contribution < -0.4 is 51.4 Å². The molecule has 2 aromatic carbocycles. The number of rotatable bonds is 3. The van der Waals surface area contributed by atoms with Gasteiger partial charge in [0.2, 0.25) is 9.84 Å². The Morgan fingerprint density at radius 2 is 1.41 bits per heavy atom. The van der Waals surface area contributed by atoms with E-state index < -0.39 is 24.9 Å². The van der Waals surface area contributed by atoms with Gasteiger partial charge in [0.25, 0.3) is 0 Å². The van der Waals surface area contributed by atoms with E-state index >= 15 is 0 Å². The summed E-state index contributed by atoms with van der Waals surface area (Å²) in [6.07, 6.45) is 0. The monoisotopic (exact) mass is 384 g/mol. The molecule has 22 heavy (non-hydrogen) atoms. The molecule has 5 nitrogen and oxygen atoms in total. The first-order chi connectivity index (χ1) is 9.62. The zero-order valence-electron chi connectivity index (χ0n) is 11.8. The van der Waals surface area contributed by atoms with Crippen LogP contribution in [0.2, 0.25) is 5.02 Å². The molecule has 0 N–H and O–H groups in total. The summed E-state index contributed by atoms with van der Waals surface area (Å²) < 4.78 is 58.2. The summed E-state index contributed by atoms with van der Waals surface area (Å²) in [6, 6.07) is 8.86. The molecule has 0 heterocycles. The molecule has 0 atom stereocenters. The van der Waals surface area contributed by atoms with Gasteiger partial charge >= 0.3 is 51.4 Å². The van der Waals surface area contributed by atoms with E-state index in [1.54, 1.807) is 0 Å². The molecule has 0 unspecified atom stereocenters. The standard InChI is InChI=1S/C13H11ClO5S2.K/c1-9-2-5-12(8-13(9)21(17,18)19)20(15,16)11-6-3-10(14)4-7-11;/h2-8H,1H3,(H,17,18,19);/q;+1/p-1. The molecule has 0 amide bonds. The third-order valence-corrected chi connectivity index (χ3v) is 5.86. The molecule has 0 bridgehead atoms. The first kappa shape index (κ1) is 20.3. The van der Waals surface area contributed by atoms with Crippen molar-refractivity contribution in [2.75, 3.05) is 0 Å². The molecular formula is C13H10ClKO5S2. The van der Waals surface area contributed by atoms with Crippen LogP contribution in [0.5, 0.6) is 0 Å². The number of hydrogen-bond acceptors (Lipinski definition) is 5. The maximum atomic E-state index is 12.4. The zero-order valence-corrected chi connectivity index (χ0v) is 17.3. The van der Waals surface area contributed by atoms with Crippen LogP contribution in [-0.2, 0) is 20.0 Å². The van der Waals surface area contributed by atoms with E-state index in [1.165, 1.54) is 43.3 Å². The SMILES string of the molecule is Cc1ccc(S(=O)(=O)c2ccc(Cl)cc2)cc1S(=O)(=O)[O-].[K+]. The average Bonchev–Trinajstić information content (AvgIpc) is 2.38. The fourth-order valence-corrected chi connectivity index (χ4v) is 3.99. The Bertz CT molecular complexity index is 891. The van der Waals surface area contributed by atoms with E-state index in [1.807, 2.05) is 0 Å². The van der Waals surface area contributed by atoms with Crippen LogP contribution in [0.1, 0.15) is 5.56 Å². The van der Waals surface area contributed by atoms with Gasteiger partial charge in [-0.15, -0.1) is 0 Å². The van der Waals surface area contributed by atoms with E-state index in [4.69, 9.17) is 11.6 Å². The van der Waals surface area contributed by atoms with Crippen LogP contribution in [-0.4, -0.2) is 21.4 Å². The summed E-state index contributed by atoms with van der Waals surface area (Å²) in [5.41, 5.74) is 0.194. The molecule has 2 rings (SSSR count). The van der Waals surface area contributed by atoms with Crippen molar-refractivity contribution in [1.29, 1.82) is 0 Å². The molecule has 0 aliphatic heterocycles. The van der Waals surface area contributed by atoms with Crippen molar-refractivity contribution in [3.05, 3.63) is 53.1 Å². The van der Waals surface area contributed by atoms with Gasteiger partial charge in [-0.3, -0.25) is 0 Å². The van der Waals surface area contributed by atoms with E-state index in [-0.39, 0.29) is 66.7 Å². The Balaban J connectivity index is 0.00000242. The van der Waals surface area contributed by atoms with Gasteiger partial charge in [0.05, 0.1) is 14.7 Å². The quantitative estimate of drug-likeness (QED) is 0.520. The molecule has 0 spiro atoms. The Morgan fingerprint density at radius 3 is 1.91 bits per heavy atom. The Labute approximate surface area is 176 Å². The van der Waals surface area contributed by atoms with Gasteiger partial charge in [0, 0.05) is 5.02 Å². The summed E-state index contributed by atoms with van der Waals surface area (Å²) in [6.45, 7) is 1.42. The molecule has 9 heteroatoms. The normalized spacial score (nSPS) is 11.8. The first-order valence-corrected chi connectivity index (χ1v) is 8.96. The van der Waals surface area contributed by atoms with Crippen LogP contribution in [0, 0.1) is 6.92 Å². The fraction of sp³-hybridized carbons (Fsp3) is 0.0769. The Morgan fingerprint density at radius 1 is 0.909 bits per heavy atom. The van der Waals surface area contributed by atoms with E-state index in [9.17, 15) is 21.4 Å². The van der Waals surface area contributed by atoms with Gasteiger partial charge in [0.1, 0.15) is 10.1 Å². The van der Waals surface area contributed by atoms with E-state index in [0.717, 1.165) is 6.07 Å². The van der Waals surface area contributed by atoms with Crippen LogP contribution in [0.25, 0.3) is 0 Å². The Hall–Kier alpha value is 0.226. The maximum Gasteiger partial charge on any atom is 1.00 e. The summed E-state index contributed by atoms with van der Waals surface area (Å²) in [7, 11) is -8.66. The van der Waals surface area contributed by atoms with E-state index in [0.29, 0.717) is 5.02 Å². The van der Waals surface area contributed by atoms with Crippen molar-refractivity contribution in [2.24, 2.45) is 0 Å².